The van der Waals surface area contributed by atoms with Gasteiger partial charge in [-0.1, -0.05) is 0 Å². The summed E-state index contributed by atoms with van der Waals surface area (Å²) in [5, 5.41) is 2.92. The number of carbonyl (C=O) groups is 1. The van der Waals surface area contributed by atoms with E-state index in [1.165, 1.54) is 0 Å². The first kappa shape index (κ1) is 13.3. The van der Waals surface area contributed by atoms with Crippen molar-refractivity contribution in [1.82, 2.24) is 19.9 Å². The van der Waals surface area contributed by atoms with E-state index in [4.69, 9.17) is 0 Å². The van der Waals surface area contributed by atoms with Crippen LogP contribution in [0.1, 0.15) is 28.6 Å². The van der Waals surface area contributed by atoms with Crippen molar-refractivity contribution in [3.8, 4) is 0 Å². The minimum absolute atomic E-state index is 0.0623. The van der Waals surface area contributed by atoms with E-state index in [1.807, 2.05) is 19.4 Å². The molecule has 0 saturated heterocycles. The standard InChI is InChI=1S/C14H18N4OS/c1-9-16-11-4-3-10(7-12(11)17-9)14(19)18(2)8-13-15-5-6-20-13/h5-6,10H,3-4,7-8H2,1-2H3,(H,16,17). The Balaban J connectivity index is 1.66. The van der Waals surface area contributed by atoms with Crippen molar-refractivity contribution in [3.63, 3.8) is 0 Å². The Kier molecular flexibility index (Phi) is 3.56. The number of aromatic nitrogens is 3. The molecule has 1 aliphatic rings. The summed E-state index contributed by atoms with van der Waals surface area (Å²) in [6.45, 7) is 2.56. The highest BCUT2D eigenvalue weighted by Gasteiger charge is 2.28. The Labute approximate surface area is 122 Å². The highest BCUT2D eigenvalue weighted by molar-refractivity contribution is 7.09. The monoisotopic (exact) mass is 290 g/mol. The molecule has 1 unspecified atom stereocenters. The molecule has 0 bridgehead atoms. The van der Waals surface area contributed by atoms with Gasteiger partial charge in [-0.25, -0.2) is 9.97 Å². The molecule has 3 rings (SSSR count). The van der Waals surface area contributed by atoms with Gasteiger partial charge < -0.3 is 9.88 Å². The second-order valence-corrected chi connectivity index (χ2v) is 6.29. The first-order valence-electron chi connectivity index (χ1n) is 6.81. The molecule has 20 heavy (non-hydrogen) atoms. The quantitative estimate of drug-likeness (QED) is 0.939. The van der Waals surface area contributed by atoms with Gasteiger partial charge in [0.2, 0.25) is 5.91 Å². The van der Waals surface area contributed by atoms with E-state index in [2.05, 4.69) is 15.0 Å². The van der Waals surface area contributed by atoms with Crippen LogP contribution in [-0.4, -0.2) is 32.8 Å². The van der Waals surface area contributed by atoms with Crippen LogP contribution in [0.3, 0.4) is 0 Å². The van der Waals surface area contributed by atoms with E-state index in [0.29, 0.717) is 6.54 Å². The zero-order chi connectivity index (χ0) is 14.1. The third-order valence-corrected chi connectivity index (χ3v) is 4.51. The van der Waals surface area contributed by atoms with Crippen molar-refractivity contribution in [3.05, 3.63) is 33.8 Å². The van der Waals surface area contributed by atoms with Gasteiger partial charge in [-0.15, -0.1) is 11.3 Å². The smallest absolute Gasteiger partial charge is 0.226 e. The Hall–Kier alpha value is -1.69. The molecule has 6 heteroatoms. The molecule has 0 aliphatic heterocycles. The highest BCUT2D eigenvalue weighted by atomic mass is 32.1. The number of thiazole rings is 1. The number of aromatic amines is 1. The summed E-state index contributed by atoms with van der Waals surface area (Å²) < 4.78 is 0. The van der Waals surface area contributed by atoms with Crippen molar-refractivity contribution < 1.29 is 4.79 Å². The van der Waals surface area contributed by atoms with E-state index in [9.17, 15) is 4.79 Å². The number of amides is 1. The lowest BCUT2D eigenvalue weighted by atomic mass is 9.89. The lowest BCUT2D eigenvalue weighted by molar-refractivity contribution is -0.135. The molecule has 106 valence electrons. The number of hydrogen-bond acceptors (Lipinski definition) is 4. The SMILES string of the molecule is Cc1nc2c([nH]1)CC(C(=O)N(C)Cc1nccs1)CC2. The molecule has 2 heterocycles. The Morgan fingerprint density at radius 2 is 2.45 bits per heavy atom. The van der Waals surface area contributed by atoms with Gasteiger partial charge in [-0.3, -0.25) is 4.79 Å². The fraction of sp³-hybridized carbons (Fsp3) is 0.500. The van der Waals surface area contributed by atoms with Gasteiger partial charge in [0, 0.05) is 36.7 Å². The summed E-state index contributed by atoms with van der Waals surface area (Å²) >= 11 is 1.59. The highest BCUT2D eigenvalue weighted by Crippen LogP contribution is 2.25. The van der Waals surface area contributed by atoms with Crippen LogP contribution in [0.25, 0.3) is 0 Å². The molecule has 0 saturated carbocycles. The fourth-order valence-electron chi connectivity index (χ4n) is 2.76. The van der Waals surface area contributed by atoms with Crippen LogP contribution >= 0.6 is 11.3 Å². The predicted molar refractivity (Wildman–Crippen MR) is 77.4 cm³/mol. The Morgan fingerprint density at radius 1 is 1.60 bits per heavy atom. The third kappa shape index (κ3) is 2.60. The maximum absolute atomic E-state index is 12.5. The number of hydrogen-bond donors (Lipinski definition) is 1. The average Bonchev–Trinajstić information content (AvgIpc) is 3.04. The van der Waals surface area contributed by atoms with Crippen molar-refractivity contribution in [1.29, 1.82) is 0 Å². The van der Waals surface area contributed by atoms with Gasteiger partial charge in [-0.2, -0.15) is 0 Å². The molecule has 1 N–H and O–H groups in total. The van der Waals surface area contributed by atoms with Gasteiger partial charge in [-0.05, 0) is 19.8 Å². The van der Waals surface area contributed by atoms with Gasteiger partial charge in [0.05, 0.1) is 12.2 Å². The van der Waals surface area contributed by atoms with Crippen molar-refractivity contribution in [2.24, 2.45) is 5.92 Å². The zero-order valence-electron chi connectivity index (χ0n) is 11.7. The first-order chi connectivity index (χ1) is 9.63. The van der Waals surface area contributed by atoms with E-state index < -0.39 is 0 Å². The van der Waals surface area contributed by atoms with Crippen LogP contribution < -0.4 is 0 Å². The van der Waals surface area contributed by atoms with E-state index in [1.54, 1.807) is 22.4 Å². The normalized spacial score (nSPS) is 17.8. The number of aryl methyl sites for hydroxylation is 2. The molecule has 2 aromatic rings. The predicted octanol–water partition coefficient (Wildman–Crippen LogP) is 1.94. The van der Waals surface area contributed by atoms with Crippen LogP contribution in [0, 0.1) is 12.8 Å². The fourth-order valence-corrected chi connectivity index (χ4v) is 3.43. The van der Waals surface area contributed by atoms with Crippen molar-refractivity contribution in [2.45, 2.75) is 32.7 Å². The molecule has 5 nitrogen and oxygen atoms in total. The maximum atomic E-state index is 12.5. The molecular weight excluding hydrogens is 272 g/mol. The summed E-state index contributed by atoms with van der Waals surface area (Å²) in [7, 11) is 1.86. The Bertz CT molecular complexity index is 605. The first-order valence-corrected chi connectivity index (χ1v) is 7.69. The molecule has 0 radical (unpaired) electrons. The van der Waals surface area contributed by atoms with Crippen LogP contribution in [0.15, 0.2) is 11.6 Å². The van der Waals surface area contributed by atoms with Crippen molar-refractivity contribution in [2.75, 3.05) is 7.05 Å². The van der Waals surface area contributed by atoms with E-state index in [-0.39, 0.29) is 11.8 Å². The number of rotatable bonds is 3. The summed E-state index contributed by atoms with van der Waals surface area (Å²) in [5.74, 6) is 1.21. The average molecular weight is 290 g/mol. The third-order valence-electron chi connectivity index (χ3n) is 3.74. The molecule has 1 amide bonds. The topological polar surface area (TPSA) is 61.9 Å². The molecule has 1 atom stereocenters. The maximum Gasteiger partial charge on any atom is 0.226 e. The van der Waals surface area contributed by atoms with Gasteiger partial charge in [0.15, 0.2) is 0 Å². The molecule has 1 aliphatic carbocycles. The minimum atomic E-state index is 0.0623. The summed E-state index contributed by atoms with van der Waals surface area (Å²) in [5.41, 5.74) is 2.27. The molecular formula is C14H18N4OS. The lowest BCUT2D eigenvalue weighted by Crippen LogP contribution is -2.35. The number of H-pyrrole nitrogens is 1. The molecule has 2 aromatic heterocycles. The molecule has 0 aromatic carbocycles. The largest absolute Gasteiger partial charge is 0.346 e. The van der Waals surface area contributed by atoms with Crippen LogP contribution in [-0.2, 0) is 24.2 Å². The summed E-state index contributed by atoms with van der Waals surface area (Å²) in [6, 6.07) is 0. The molecule has 0 spiro atoms. The number of imidazole rings is 1. The summed E-state index contributed by atoms with van der Waals surface area (Å²) in [6.07, 6.45) is 4.33. The zero-order valence-corrected chi connectivity index (χ0v) is 12.5. The van der Waals surface area contributed by atoms with Crippen LogP contribution in [0.4, 0.5) is 0 Å². The number of fused-ring (bicyclic) bond motifs is 1. The lowest BCUT2D eigenvalue weighted by Gasteiger charge is -2.25. The number of nitrogens with zero attached hydrogens (tertiary/aromatic N) is 3. The number of nitrogens with one attached hydrogen (secondary N) is 1. The van der Waals surface area contributed by atoms with Crippen molar-refractivity contribution >= 4 is 17.2 Å². The Morgan fingerprint density at radius 3 is 3.20 bits per heavy atom. The van der Waals surface area contributed by atoms with Crippen LogP contribution in [0.2, 0.25) is 0 Å². The minimum Gasteiger partial charge on any atom is -0.346 e. The summed E-state index contributed by atoms with van der Waals surface area (Å²) in [4.78, 5) is 26.3. The van der Waals surface area contributed by atoms with Gasteiger partial charge >= 0.3 is 0 Å². The second-order valence-electron chi connectivity index (χ2n) is 5.31. The van der Waals surface area contributed by atoms with Crippen LogP contribution in [0.5, 0.6) is 0 Å². The van der Waals surface area contributed by atoms with Gasteiger partial charge in [0.25, 0.3) is 0 Å². The van der Waals surface area contributed by atoms with E-state index in [0.717, 1.165) is 41.5 Å². The second kappa shape index (κ2) is 5.36. The number of carbonyl (C=O) groups excluding carboxylic acids is 1. The van der Waals surface area contributed by atoms with E-state index >= 15 is 0 Å². The van der Waals surface area contributed by atoms with Gasteiger partial charge in [0.1, 0.15) is 10.8 Å². The molecule has 0 fully saturated rings.